The van der Waals surface area contributed by atoms with Gasteiger partial charge in [-0.05, 0) is 25.3 Å². The molecule has 2 rings (SSSR count). The fraction of sp³-hybridized carbons (Fsp3) is 0.400. The van der Waals surface area contributed by atoms with Gasteiger partial charge in [0, 0.05) is 5.56 Å². The molecule has 1 N–H and O–H groups in total. The van der Waals surface area contributed by atoms with Crippen LogP contribution in [0.5, 0.6) is 0 Å². The highest BCUT2D eigenvalue weighted by Gasteiger charge is 2.39. The molecule has 1 nitrogen and oxygen atoms in total. The van der Waals surface area contributed by atoms with Crippen LogP contribution in [0.4, 0.5) is 13.2 Å². The van der Waals surface area contributed by atoms with Crippen LogP contribution < -0.4 is 0 Å². The number of hydrogen-bond donors (Lipinski definition) is 1. The summed E-state index contributed by atoms with van der Waals surface area (Å²) in [5.41, 5.74) is -1.43. The first kappa shape index (κ1) is 9.52. The minimum Gasteiger partial charge on any atom is -0.385 e. The maximum atomic E-state index is 13.2. The predicted octanol–water partition coefficient (Wildman–Crippen LogP) is 2.48. The quantitative estimate of drug-likeness (QED) is 0.693. The zero-order valence-corrected chi connectivity index (χ0v) is 7.36. The van der Waals surface area contributed by atoms with Crippen molar-refractivity contribution in [3.8, 4) is 0 Å². The molecule has 0 heterocycles. The van der Waals surface area contributed by atoms with Gasteiger partial charge in [0.25, 0.3) is 0 Å². The van der Waals surface area contributed by atoms with Crippen LogP contribution in [-0.2, 0) is 5.60 Å². The van der Waals surface area contributed by atoms with Gasteiger partial charge in [-0.2, -0.15) is 0 Å². The van der Waals surface area contributed by atoms with Gasteiger partial charge in [-0.1, -0.05) is 6.07 Å². The molecule has 1 saturated carbocycles. The lowest BCUT2D eigenvalue weighted by Gasteiger charge is -2.37. The molecule has 1 aromatic carbocycles. The van der Waals surface area contributed by atoms with Crippen molar-refractivity contribution >= 4 is 0 Å². The van der Waals surface area contributed by atoms with Gasteiger partial charge in [-0.25, -0.2) is 13.2 Å². The standard InChI is InChI=1S/C10H9F3O/c11-7-3-2-6(8(12)9(7)13)10(14)4-1-5-10/h2-3,14H,1,4-5H2. The third-order valence-electron chi connectivity index (χ3n) is 2.72. The molecule has 0 saturated heterocycles. The zero-order chi connectivity index (χ0) is 10.3. The Labute approximate surface area is 79.2 Å². The fourth-order valence-corrected chi connectivity index (χ4v) is 1.67. The first-order chi connectivity index (χ1) is 6.54. The van der Waals surface area contributed by atoms with Crippen molar-refractivity contribution in [3.05, 3.63) is 35.1 Å². The summed E-state index contributed by atoms with van der Waals surface area (Å²) in [6.45, 7) is 0. The van der Waals surface area contributed by atoms with E-state index in [0.717, 1.165) is 18.6 Å². The van der Waals surface area contributed by atoms with Crippen molar-refractivity contribution in [2.75, 3.05) is 0 Å². The summed E-state index contributed by atoms with van der Waals surface area (Å²) in [6.07, 6.45) is 1.57. The molecule has 14 heavy (non-hydrogen) atoms. The lowest BCUT2D eigenvalue weighted by Crippen LogP contribution is -2.35. The van der Waals surface area contributed by atoms with Crippen molar-refractivity contribution < 1.29 is 18.3 Å². The Morgan fingerprint density at radius 2 is 1.71 bits per heavy atom. The first-order valence-electron chi connectivity index (χ1n) is 4.41. The Morgan fingerprint density at radius 1 is 1.07 bits per heavy atom. The average Bonchev–Trinajstić information content (AvgIpc) is 2.11. The average molecular weight is 202 g/mol. The third-order valence-corrected chi connectivity index (χ3v) is 2.72. The Balaban J connectivity index is 2.49. The Hall–Kier alpha value is -1.03. The molecule has 0 aromatic heterocycles. The van der Waals surface area contributed by atoms with Crippen LogP contribution in [0.25, 0.3) is 0 Å². The second-order valence-electron chi connectivity index (χ2n) is 3.61. The molecule has 1 aromatic rings. The van der Waals surface area contributed by atoms with E-state index in [0.29, 0.717) is 12.8 Å². The molecule has 1 aliphatic rings. The van der Waals surface area contributed by atoms with E-state index in [9.17, 15) is 18.3 Å². The number of benzene rings is 1. The van der Waals surface area contributed by atoms with Crippen molar-refractivity contribution in [2.45, 2.75) is 24.9 Å². The lowest BCUT2D eigenvalue weighted by molar-refractivity contribution is -0.0422. The lowest BCUT2D eigenvalue weighted by atomic mass is 9.75. The first-order valence-corrected chi connectivity index (χ1v) is 4.41. The summed E-state index contributed by atoms with van der Waals surface area (Å²) < 4.78 is 38.6. The van der Waals surface area contributed by atoms with Gasteiger partial charge in [-0.15, -0.1) is 0 Å². The molecule has 4 heteroatoms. The summed E-state index contributed by atoms with van der Waals surface area (Å²) in [5, 5.41) is 9.75. The van der Waals surface area contributed by atoms with Gasteiger partial charge in [-0.3, -0.25) is 0 Å². The van der Waals surface area contributed by atoms with Gasteiger partial charge in [0.2, 0.25) is 0 Å². The van der Waals surface area contributed by atoms with E-state index in [1.807, 2.05) is 0 Å². The summed E-state index contributed by atoms with van der Waals surface area (Å²) >= 11 is 0. The highest BCUT2D eigenvalue weighted by Crippen LogP contribution is 2.42. The number of rotatable bonds is 1. The molecular formula is C10H9F3O. The molecule has 0 amide bonds. The van der Waals surface area contributed by atoms with E-state index < -0.39 is 23.1 Å². The van der Waals surface area contributed by atoms with Crippen molar-refractivity contribution in [2.24, 2.45) is 0 Å². The fourth-order valence-electron chi connectivity index (χ4n) is 1.67. The number of halogens is 3. The topological polar surface area (TPSA) is 20.2 Å². The van der Waals surface area contributed by atoms with Gasteiger partial charge in [0.05, 0.1) is 5.60 Å². The van der Waals surface area contributed by atoms with E-state index in [1.165, 1.54) is 0 Å². The van der Waals surface area contributed by atoms with E-state index in [2.05, 4.69) is 0 Å². The van der Waals surface area contributed by atoms with E-state index in [1.54, 1.807) is 0 Å². The molecule has 0 unspecified atom stereocenters. The highest BCUT2D eigenvalue weighted by atomic mass is 19.2. The zero-order valence-electron chi connectivity index (χ0n) is 7.36. The summed E-state index contributed by atoms with van der Waals surface area (Å²) in [4.78, 5) is 0. The molecule has 1 fully saturated rings. The van der Waals surface area contributed by atoms with Crippen LogP contribution in [0.3, 0.4) is 0 Å². The molecule has 0 radical (unpaired) electrons. The number of hydrogen-bond acceptors (Lipinski definition) is 1. The summed E-state index contributed by atoms with van der Waals surface area (Å²) in [6, 6.07) is 1.94. The maximum absolute atomic E-state index is 13.2. The largest absolute Gasteiger partial charge is 0.385 e. The molecular weight excluding hydrogens is 193 g/mol. The van der Waals surface area contributed by atoms with Crippen LogP contribution in [-0.4, -0.2) is 5.11 Å². The van der Waals surface area contributed by atoms with Crippen LogP contribution in [0, 0.1) is 17.5 Å². The normalized spacial score (nSPS) is 19.1. The minimum atomic E-state index is -1.51. The van der Waals surface area contributed by atoms with Gasteiger partial charge in [0.15, 0.2) is 17.5 Å². The molecule has 0 bridgehead atoms. The van der Waals surface area contributed by atoms with E-state index in [-0.39, 0.29) is 5.56 Å². The van der Waals surface area contributed by atoms with Crippen LogP contribution in [0.1, 0.15) is 24.8 Å². The maximum Gasteiger partial charge on any atom is 0.194 e. The SMILES string of the molecule is OC1(c2ccc(F)c(F)c2F)CCC1. The molecule has 76 valence electrons. The minimum absolute atomic E-state index is 0.136. The molecule has 0 atom stereocenters. The third kappa shape index (κ3) is 1.21. The summed E-state index contributed by atoms with van der Waals surface area (Å²) in [5.74, 6) is -4.01. The number of aliphatic hydroxyl groups is 1. The molecule has 1 aliphatic carbocycles. The Kier molecular flexibility index (Phi) is 2.03. The smallest absolute Gasteiger partial charge is 0.194 e. The van der Waals surface area contributed by atoms with Gasteiger partial charge < -0.3 is 5.11 Å². The van der Waals surface area contributed by atoms with Crippen molar-refractivity contribution in [1.82, 2.24) is 0 Å². The van der Waals surface area contributed by atoms with Crippen molar-refractivity contribution in [1.29, 1.82) is 0 Å². The summed E-state index contributed by atoms with van der Waals surface area (Å²) in [7, 11) is 0. The second kappa shape index (κ2) is 2.98. The Morgan fingerprint density at radius 3 is 2.21 bits per heavy atom. The van der Waals surface area contributed by atoms with E-state index >= 15 is 0 Å². The van der Waals surface area contributed by atoms with Crippen LogP contribution in [0.15, 0.2) is 12.1 Å². The van der Waals surface area contributed by atoms with Gasteiger partial charge in [0.1, 0.15) is 0 Å². The molecule has 0 spiro atoms. The molecule has 0 aliphatic heterocycles. The second-order valence-corrected chi connectivity index (χ2v) is 3.61. The predicted molar refractivity (Wildman–Crippen MR) is 44.1 cm³/mol. The Bertz CT molecular complexity index is 372. The monoisotopic (exact) mass is 202 g/mol. The van der Waals surface area contributed by atoms with Crippen LogP contribution in [0.2, 0.25) is 0 Å². The van der Waals surface area contributed by atoms with E-state index in [4.69, 9.17) is 0 Å². The van der Waals surface area contributed by atoms with Crippen LogP contribution >= 0.6 is 0 Å². The highest BCUT2D eigenvalue weighted by molar-refractivity contribution is 5.28. The van der Waals surface area contributed by atoms with Crippen molar-refractivity contribution in [3.63, 3.8) is 0 Å². The van der Waals surface area contributed by atoms with Gasteiger partial charge >= 0.3 is 0 Å².